The number of imidazole rings is 1. The van der Waals surface area contributed by atoms with Crippen LogP contribution in [0.2, 0.25) is 0 Å². The lowest BCUT2D eigenvalue weighted by atomic mass is 9.76. The molecule has 1 aromatic heterocycles. The van der Waals surface area contributed by atoms with E-state index < -0.39 is 5.54 Å². The maximum absolute atomic E-state index is 9.69. The Kier molecular flexibility index (Phi) is 4.53. The normalized spacial score (nSPS) is 18.5. The van der Waals surface area contributed by atoms with E-state index in [1.54, 1.807) is 0 Å². The van der Waals surface area contributed by atoms with Gasteiger partial charge in [-0.15, -0.1) is 0 Å². The zero-order valence-electron chi connectivity index (χ0n) is 16.2. The molecule has 144 valence electrons. The van der Waals surface area contributed by atoms with Crippen molar-refractivity contribution in [2.75, 3.05) is 6.61 Å². The maximum Gasteiger partial charge on any atom is 0.121 e. The molecule has 5 rings (SSSR count). The van der Waals surface area contributed by atoms with Crippen LogP contribution >= 0.6 is 0 Å². The summed E-state index contributed by atoms with van der Waals surface area (Å²) in [5.74, 6) is 0.670. The fraction of sp³-hybridized carbons (Fsp3) is 0.192. The molecule has 0 bridgehead atoms. The first kappa shape index (κ1) is 17.9. The van der Waals surface area contributed by atoms with Crippen molar-refractivity contribution in [3.8, 4) is 0 Å². The second kappa shape index (κ2) is 7.34. The highest BCUT2D eigenvalue weighted by Gasteiger charge is 2.45. The Morgan fingerprint density at radius 1 is 0.793 bits per heavy atom. The van der Waals surface area contributed by atoms with E-state index in [-0.39, 0.29) is 6.61 Å². The Morgan fingerprint density at radius 3 is 1.69 bits per heavy atom. The Hall–Kier alpha value is -3.17. The number of benzene rings is 3. The van der Waals surface area contributed by atoms with E-state index in [0.29, 0.717) is 11.8 Å². The highest BCUT2D eigenvalue weighted by Crippen LogP contribution is 2.50. The minimum atomic E-state index is -0.530. The summed E-state index contributed by atoms with van der Waals surface area (Å²) in [5.41, 5.74) is 4.23. The van der Waals surface area contributed by atoms with Crippen LogP contribution in [0.15, 0.2) is 104 Å². The zero-order chi connectivity index (χ0) is 19.7. The highest BCUT2D eigenvalue weighted by atomic mass is 16.3. The van der Waals surface area contributed by atoms with Crippen molar-refractivity contribution in [3.05, 3.63) is 126 Å². The molecule has 1 aliphatic rings. The van der Waals surface area contributed by atoms with Gasteiger partial charge >= 0.3 is 0 Å². The van der Waals surface area contributed by atoms with Gasteiger partial charge in [0.2, 0.25) is 0 Å². The lowest BCUT2D eigenvalue weighted by molar-refractivity contribution is 0.273. The van der Waals surface area contributed by atoms with Crippen LogP contribution in [0, 0.1) is 5.92 Å². The lowest BCUT2D eigenvalue weighted by Gasteiger charge is -2.38. The SMILES string of the molecule is OCC1CC1c1cncn1C(c1ccccc1)(c1ccccc1)c1ccccc1. The van der Waals surface area contributed by atoms with E-state index in [0.717, 1.165) is 6.42 Å². The van der Waals surface area contributed by atoms with Crippen molar-refractivity contribution in [3.63, 3.8) is 0 Å². The molecular weight excluding hydrogens is 356 g/mol. The van der Waals surface area contributed by atoms with Gasteiger partial charge in [0, 0.05) is 24.4 Å². The molecule has 1 saturated carbocycles. The number of hydrogen-bond donors (Lipinski definition) is 1. The Bertz CT molecular complexity index is 977. The predicted octanol–water partition coefficient (Wildman–Crippen LogP) is 4.82. The third-order valence-electron chi connectivity index (χ3n) is 6.14. The molecule has 0 aliphatic heterocycles. The van der Waals surface area contributed by atoms with Crippen molar-refractivity contribution in [1.29, 1.82) is 0 Å². The first-order valence-corrected chi connectivity index (χ1v) is 10.2. The summed E-state index contributed by atoms with van der Waals surface area (Å²) < 4.78 is 2.33. The van der Waals surface area contributed by atoms with Crippen LogP contribution in [-0.4, -0.2) is 21.3 Å². The zero-order valence-corrected chi connectivity index (χ0v) is 16.2. The first-order chi connectivity index (χ1) is 14.4. The summed E-state index contributed by atoms with van der Waals surface area (Å²) in [4.78, 5) is 4.58. The third-order valence-corrected chi connectivity index (χ3v) is 6.14. The van der Waals surface area contributed by atoms with Crippen molar-refractivity contribution in [2.24, 2.45) is 5.92 Å². The second-order valence-corrected chi connectivity index (χ2v) is 7.78. The molecule has 0 amide bonds. The molecule has 29 heavy (non-hydrogen) atoms. The quantitative estimate of drug-likeness (QED) is 0.487. The molecule has 1 heterocycles. The number of aliphatic hydroxyl groups excluding tert-OH is 1. The molecule has 4 aromatic rings. The fourth-order valence-corrected chi connectivity index (χ4v) is 4.63. The molecule has 3 heteroatoms. The molecule has 1 fully saturated rings. The average molecular weight is 380 g/mol. The summed E-state index contributed by atoms with van der Waals surface area (Å²) in [6, 6.07) is 31.9. The van der Waals surface area contributed by atoms with Gasteiger partial charge in [-0.05, 0) is 29.0 Å². The molecule has 1 aliphatic carbocycles. The number of nitrogens with zero attached hydrogens (tertiary/aromatic N) is 2. The topological polar surface area (TPSA) is 38.1 Å². The number of rotatable bonds is 6. The van der Waals surface area contributed by atoms with Crippen LogP contribution in [0.3, 0.4) is 0 Å². The van der Waals surface area contributed by atoms with Crippen molar-refractivity contribution < 1.29 is 5.11 Å². The smallest absolute Gasteiger partial charge is 0.121 e. The Labute approximate surface area is 171 Å². The monoisotopic (exact) mass is 380 g/mol. The summed E-state index contributed by atoms with van der Waals surface area (Å²) in [7, 11) is 0. The standard InChI is InChI=1S/C26H24N2O/c29-18-20-16-24(20)25-17-27-19-28(25)26(21-10-4-1-5-11-21,22-12-6-2-7-13-22)23-14-8-3-9-15-23/h1-15,17,19-20,24,29H,16,18H2. The molecule has 0 saturated heterocycles. The predicted molar refractivity (Wildman–Crippen MR) is 115 cm³/mol. The van der Waals surface area contributed by atoms with Gasteiger partial charge < -0.3 is 9.67 Å². The maximum atomic E-state index is 9.69. The van der Waals surface area contributed by atoms with Gasteiger partial charge in [-0.2, -0.15) is 0 Å². The van der Waals surface area contributed by atoms with Crippen LogP contribution in [0.4, 0.5) is 0 Å². The molecule has 0 radical (unpaired) electrons. The second-order valence-electron chi connectivity index (χ2n) is 7.78. The van der Waals surface area contributed by atoms with Gasteiger partial charge in [0.15, 0.2) is 0 Å². The molecular formula is C26H24N2O. The van der Waals surface area contributed by atoms with E-state index in [9.17, 15) is 5.11 Å². The summed E-state index contributed by atoms with van der Waals surface area (Å²) in [6.45, 7) is 0.227. The van der Waals surface area contributed by atoms with Crippen molar-refractivity contribution in [2.45, 2.75) is 17.9 Å². The van der Waals surface area contributed by atoms with Crippen LogP contribution in [-0.2, 0) is 5.54 Å². The molecule has 0 spiro atoms. The number of aromatic nitrogens is 2. The lowest BCUT2D eigenvalue weighted by Crippen LogP contribution is -2.38. The van der Waals surface area contributed by atoms with Gasteiger partial charge in [0.05, 0.1) is 6.33 Å². The van der Waals surface area contributed by atoms with Gasteiger partial charge in [-0.3, -0.25) is 0 Å². The van der Waals surface area contributed by atoms with Crippen molar-refractivity contribution in [1.82, 2.24) is 9.55 Å². The minimum Gasteiger partial charge on any atom is -0.396 e. The van der Waals surface area contributed by atoms with Crippen LogP contribution in [0.5, 0.6) is 0 Å². The Balaban J connectivity index is 1.84. The van der Waals surface area contributed by atoms with E-state index in [1.807, 2.05) is 12.5 Å². The van der Waals surface area contributed by atoms with E-state index >= 15 is 0 Å². The Morgan fingerprint density at radius 2 is 1.28 bits per heavy atom. The van der Waals surface area contributed by atoms with Gasteiger partial charge in [0.1, 0.15) is 5.54 Å². The van der Waals surface area contributed by atoms with E-state index in [2.05, 4.69) is 101 Å². The molecule has 3 nitrogen and oxygen atoms in total. The van der Waals surface area contributed by atoms with Crippen molar-refractivity contribution >= 4 is 0 Å². The van der Waals surface area contributed by atoms with Gasteiger partial charge in [0.25, 0.3) is 0 Å². The van der Waals surface area contributed by atoms with Gasteiger partial charge in [-0.1, -0.05) is 91.0 Å². The third kappa shape index (κ3) is 2.90. The largest absolute Gasteiger partial charge is 0.396 e. The van der Waals surface area contributed by atoms with E-state index in [1.165, 1.54) is 22.4 Å². The van der Waals surface area contributed by atoms with Crippen LogP contribution in [0.25, 0.3) is 0 Å². The summed E-state index contributed by atoms with van der Waals surface area (Å²) >= 11 is 0. The van der Waals surface area contributed by atoms with Gasteiger partial charge in [-0.25, -0.2) is 4.98 Å². The number of hydrogen-bond acceptors (Lipinski definition) is 2. The number of aliphatic hydroxyl groups is 1. The first-order valence-electron chi connectivity index (χ1n) is 10.2. The van der Waals surface area contributed by atoms with Crippen LogP contribution < -0.4 is 0 Å². The summed E-state index contributed by atoms with van der Waals surface area (Å²) in [5, 5.41) is 9.69. The van der Waals surface area contributed by atoms with Crippen LogP contribution in [0.1, 0.15) is 34.7 Å². The van der Waals surface area contributed by atoms with E-state index in [4.69, 9.17) is 0 Å². The fourth-order valence-electron chi connectivity index (χ4n) is 4.63. The highest BCUT2D eigenvalue weighted by molar-refractivity contribution is 5.51. The molecule has 2 atom stereocenters. The summed E-state index contributed by atoms with van der Waals surface area (Å²) in [6.07, 6.45) is 4.94. The average Bonchev–Trinajstić information content (AvgIpc) is 3.43. The molecule has 3 aromatic carbocycles. The molecule has 1 N–H and O–H groups in total. The molecule has 2 unspecified atom stereocenters. The minimum absolute atomic E-state index is 0.227.